The Morgan fingerprint density at radius 3 is 2.21 bits per heavy atom. The van der Waals surface area contributed by atoms with Crippen molar-refractivity contribution < 1.29 is 10.0 Å². The number of hydrogen-bond donors (Lipinski definition) is 1. The van der Waals surface area contributed by atoms with Crippen molar-refractivity contribution in [2.75, 3.05) is 5.06 Å². The number of rotatable bonds is 9. The zero-order chi connectivity index (χ0) is 13.9. The third-order valence-corrected chi connectivity index (χ3v) is 3.23. The Labute approximate surface area is 116 Å². The Balaban J connectivity index is 2.14. The highest BCUT2D eigenvalue weighted by molar-refractivity contribution is 5.90. The number of para-hydroxylation sites is 1. The molecule has 1 N–H and O–H groups in total. The fourth-order valence-electron chi connectivity index (χ4n) is 2.05. The predicted molar refractivity (Wildman–Crippen MR) is 78.3 cm³/mol. The molecular formula is C16H25NO2. The van der Waals surface area contributed by atoms with Gasteiger partial charge in [-0.15, -0.1) is 0 Å². The van der Waals surface area contributed by atoms with Gasteiger partial charge in [0.05, 0.1) is 5.69 Å². The van der Waals surface area contributed by atoms with Crippen LogP contribution in [0.2, 0.25) is 0 Å². The molecule has 0 radical (unpaired) electrons. The predicted octanol–water partition coefficient (Wildman–Crippen LogP) is 4.55. The van der Waals surface area contributed by atoms with E-state index in [1.807, 2.05) is 6.07 Å². The third-order valence-electron chi connectivity index (χ3n) is 3.23. The summed E-state index contributed by atoms with van der Waals surface area (Å²) in [5.74, 6) is -0.222. The van der Waals surface area contributed by atoms with Crippen LogP contribution in [-0.2, 0) is 4.79 Å². The lowest BCUT2D eigenvalue weighted by Crippen LogP contribution is -2.26. The molecule has 0 atom stereocenters. The Morgan fingerprint density at radius 1 is 1.00 bits per heavy atom. The number of benzene rings is 1. The lowest BCUT2D eigenvalue weighted by atomic mass is 10.1. The van der Waals surface area contributed by atoms with Crippen molar-refractivity contribution in [3.8, 4) is 0 Å². The molecule has 0 heterocycles. The molecule has 0 aromatic heterocycles. The number of carbonyl (C=O) groups is 1. The normalized spacial score (nSPS) is 10.4. The molecule has 0 unspecified atom stereocenters. The molecular weight excluding hydrogens is 238 g/mol. The maximum absolute atomic E-state index is 11.8. The van der Waals surface area contributed by atoms with Gasteiger partial charge in [-0.25, -0.2) is 0 Å². The second kappa shape index (κ2) is 9.56. The smallest absolute Gasteiger partial charge is 0.250 e. The van der Waals surface area contributed by atoms with Crippen LogP contribution in [0.1, 0.15) is 58.3 Å². The number of carbonyl (C=O) groups excluding carboxylic acids is 1. The van der Waals surface area contributed by atoms with Gasteiger partial charge in [-0.1, -0.05) is 63.6 Å². The number of anilines is 1. The molecule has 0 aliphatic carbocycles. The van der Waals surface area contributed by atoms with Crippen molar-refractivity contribution in [2.24, 2.45) is 0 Å². The molecule has 1 rings (SSSR count). The van der Waals surface area contributed by atoms with E-state index in [9.17, 15) is 10.0 Å². The molecule has 1 amide bonds. The van der Waals surface area contributed by atoms with Crippen LogP contribution in [-0.4, -0.2) is 11.1 Å². The molecule has 0 fully saturated rings. The van der Waals surface area contributed by atoms with Crippen LogP contribution in [0, 0.1) is 0 Å². The van der Waals surface area contributed by atoms with Crippen molar-refractivity contribution in [1.82, 2.24) is 0 Å². The van der Waals surface area contributed by atoms with E-state index < -0.39 is 0 Å². The van der Waals surface area contributed by atoms with Gasteiger partial charge >= 0.3 is 0 Å². The fraction of sp³-hybridized carbons (Fsp3) is 0.562. The second-order valence-electron chi connectivity index (χ2n) is 4.91. The lowest BCUT2D eigenvalue weighted by Gasteiger charge is -2.14. The van der Waals surface area contributed by atoms with E-state index in [2.05, 4.69) is 6.92 Å². The summed E-state index contributed by atoms with van der Waals surface area (Å²) in [6.07, 6.45) is 8.63. The van der Waals surface area contributed by atoms with Gasteiger partial charge in [-0.05, 0) is 18.6 Å². The number of hydrogen-bond acceptors (Lipinski definition) is 2. The van der Waals surface area contributed by atoms with Crippen LogP contribution >= 0.6 is 0 Å². The van der Waals surface area contributed by atoms with Crippen molar-refractivity contribution >= 4 is 11.6 Å². The van der Waals surface area contributed by atoms with Crippen molar-refractivity contribution in [3.05, 3.63) is 30.3 Å². The summed E-state index contributed by atoms with van der Waals surface area (Å²) >= 11 is 0. The first-order valence-electron chi connectivity index (χ1n) is 7.32. The van der Waals surface area contributed by atoms with Crippen molar-refractivity contribution in [2.45, 2.75) is 58.3 Å². The molecule has 3 nitrogen and oxygen atoms in total. The Bertz CT molecular complexity index is 351. The van der Waals surface area contributed by atoms with E-state index in [-0.39, 0.29) is 5.91 Å². The van der Waals surface area contributed by atoms with E-state index >= 15 is 0 Å². The number of unbranched alkanes of at least 4 members (excludes halogenated alkanes) is 6. The molecule has 0 aliphatic heterocycles. The first-order valence-corrected chi connectivity index (χ1v) is 7.32. The van der Waals surface area contributed by atoms with Gasteiger partial charge in [-0.2, -0.15) is 5.06 Å². The lowest BCUT2D eigenvalue weighted by molar-refractivity contribution is -0.123. The largest absolute Gasteiger partial charge is 0.281 e. The molecule has 0 aliphatic rings. The minimum Gasteiger partial charge on any atom is -0.281 e. The second-order valence-corrected chi connectivity index (χ2v) is 4.91. The average molecular weight is 263 g/mol. The standard InChI is InChI=1S/C16H25NO2/c1-2-3-4-5-6-7-11-14-16(18)17(19)15-12-9-8-10-13-15/h8-10,12-13,19H,2-7,11,14H2,1H3. The molecule has 3 heteroatoms. The van der Waals surface area contributed by atoms with E-state index in [1.165, 1.54) is 32.1 Å². The van der Waals surface area contributed by atoms with Gasteiger partial charge < -0.3 is 0 Å². The number of amides is 1. The highest BCUT2D eigenvalue weighted by atomic mass is 16.5. The van der Waals surface area contributed by atoms with E-state index in [4.69, 9.17) is 0 Å². The minimum absolute atomic E-state index is 0.222. The summed E-state index contributed by atoms with van der Waals surface area (Å²) < 4.78 is 0. The summed E-state index contributed by atoms with van der Waals surface area (Å²) in [5.41, 5.74) is 0.537. The zero-order valence-electron chi connectivity index (χ0n) is 11.8. The zero-order valence-corrected chi connectivity index (χ0v) is 11.8. The minimum atomic E-state index is -0.222. The molecule has 19 heavy (non-hydrogen) atoms. The molecule has 1 aromatic rings. The van der Waals surface area contributed by atoms with Gasteiger partial charge in [0.25, 0.3) is 5.91 Å². The van der Waals surface area contributed by atoms with Crippen LogP contribution in [0.25, 0.3) is 0 Å². The Morgan fingerprint density at radius 2 is 1.58 bits per heavy atom. The quantitative estimate of drug-likeness (QED) is 0.403. The topological polar surface area (TPSA) is 40.5 Å². The number of hydroxylamine groups is 1. The Kier molecular flexibility index (Phi) is 7.91. The first kappa shape index (κ1) is 15.7. The Hall–Kier alpha value is -1.35. The highest BCUT2D eigenvalue weighted by Gasteiger charge is 2.11. The third kappa shape index (κ3) is 6.39. The molecule has 0 spiro atoms. The van der Waals surface area contributed by atoms with E-state index in [0.29, 0.717) is 12.1 Å². The van der Waals surface area contributed by atoms with Crippen LogP contribution in [0.15, 0.2) is 30.3 Å². The first-order chi connectivity index (χ1) is 9.25. The summed E-state index contributed by atoms with van der Waals surface area (Å²) in [6, 6.07) is 8.92. The maximum Gasteiger partial charge on any atom is 0.250 e. The molecule has 0 saturated carbocycles. The van der Waals surface area contributed by atoms with Gasteiger partial charge in [0.15, 0.2) is 0 Å². The van der Waals surface area contributed by atoms with Crippen molar-refractivity contribution in [3.63, 3.8) is 0 Å². The van der Waals surface area contributed by atoms with Crippen LogP contribution in [0.3, 0.4) is 0 Å². The summed E-state index contributed by atoms with van der Waals surface area (Å²) in [7, 11) is 0. The summed E-state index contributed by atoms with van der Waals surface area (Å²) in [4.78, 5) is 11.8. The fourth-order valence-corrected chi connectivity index (χ4v) is 2.05. The SMILES string of the molecule is CCCCCCCCCC(=O)N(O)c1ccccc1. The molecule has 1 aromatic carbocycles. The monoisotopic (exact) mass is 263 g/mol. The highest BCUT2D eigenvalue weighted by Crippen LogP contribution is 2.14. The van der Waals surface area contributed by atoms with E-state index in [0.717, 1.165) is 17.9 Å². The van der Waals surface area contributed by atoms with E-state index in [1.54, 1.807) is 24.3 Å². The van der Waals surface area contributed by atoms with Crippen LogP contribution in [0.5, 0.6) is 0 Å². The summed E-state index contributed by atoms with van der Waals surface area (Å²) in [6.45, 7) is 2.21. The van der Waals surface area contributed by atoms with Crippen LogP contribution < -0.4 is 5.06 Å². The summed E-state index contributed by atoms with van der Waals surface area (Å²) in [5, 5.41) is 10.5. The molecule has 0 saturated heterocycles. The molecule has 106 valence electrons. The van der Waals surface area contributed by atoms with Gasteiger partial charge in [0.1, 0.15) is 0 Å². The van der Waals surface area contributed by atoms with Crippen LogP contribution in [0.4, 0.5) is 5.69 Å². The maximum atomic E-state index is 11.8. The van der Waals surface area contributed by atoms with Crippen molar-refractivity contribution in [1.29, 1.82) is 0 Å². The van der Waals surface area contributed by atoms with Gasteiger partial charge in [0, 0.05) is 6.42 Å². The van der Waals surface area contributed by atoms with Gasteiger partial charge in [0.2, 0.25) is 0 Å². The average Bonchev–Trinajstić information content (AvgIpc) is 2.46. The number of nitrogens with zero attached hydrogens (tertiary/aromatic N) is 1. The van der Waals surface area contributed by atoms with Gasteiger partial charge in [-0.3, -0.25) is 10.0 Å². The molecule has 0 bridgehead atoms.